The number of H-pyrrole nitrogens is 1. The molecule has 4 aromatic rings. The first-order valence-corrected chi connectivity index (χ1v) is 13.1. The number of hydrogen-bond donors (Lipinski definition) is 1. The second-order valence-electron chi connectivity index (χ2n) is 8.58. The monoisotopic (exact) mass is 512 g/mol. The number of rotatable bonds is 9. The topological polar surface area (TPSA) is 111 Å². The van der Waals surface area contributed by atoms with E-state index < -0.39 is 16.6 Å². The molecule has 1 unspecified atom stereocenters. The summed E-state index contributed by atoms with van der Waals surface area (Å²) in [5, 5.41) is 11.8. The molecule has 1 saturated heterocycles. The van der Waals surface area contributed by atoms with Crippen molar-refractivity contribution in [2.24, 2.45) is 0 Å². The minimum Gasteiger partial charge on any atom is -0.488 e. The molecule has 11 heteroatoms. The zero-order valence-corrected chi connectivity index (χ0v) is 20.6. The number of benzene rings is 2. The van der Waals surface area contributed by atoms with Gasteiger partial charge in [-0.05, 0) is 24.6 Å². The third-order valence-corrected chi connectivity index (χ3v) is 7.02. The number of nitrogens with zero attached hydrogens (tertiary/aromatic N) is 3. The van der Waals surface area contributed by atoms with Crippen LogP contribution in [0.4, 0.5) is 4.39 Å². The van der Waals surface area contributed by atoms with Gasteiger partial charge in [0.1, 0.15) is 18.0 Å². The van der Waals surface area contributed by atoms with Crippen molar-refractivity contribution < 1.29 is 27.4 Å². The fourth-order valence-electron chi connectivity index (χ4n) is 4.18. The van der Waals surface area contributed by atoms with Gasteiger partial charge in [0.2, 0.25) is 0 Å². The average Bonchev–Trinajstić information content (AvgIpc) is 3.49. The normalized spacial score (nSPS) is 16.2. The summed E-state index contributed by atoms with van der Waals surface area (Å²) in [6, 6.07) is 11.7. The lowest BCUT2D eigenvalue weighted by atomic mass is 10.0. The van der Waals surface area contributed by atoms with E-state index in [1.54, 1.807) is 54.7 Å². The molecule has 1 aliphatic rings. The molecule has 2 aromatic heterocycles. The molecule has 1 aliphatic heterocycles. The van der Waals surface area contributed by atoms with E-state index in [0.29, 0.717) is 52.5 Å². The van der Waals surface area contributed by atoms with Crippen LogP contribution in [0.15, 0.2) is 47.0 Å². The van der Waals surface area contributed by atoms with Gasteiger partial charge in [-0.1, -0.05) is 17.3 Å². The first-order valence-electron chi connectivity index (χ1n) is 11.4. The van der Waals surface area contributed by atoms with Gasteiger partial charge in [0.25, 0.3) is 5.91 Å². The third kappa shape index (κ3) is 4.76. The van der Waals surface area contributed by atoms with Gasteiger partial charge < -0.3 is 18.9 Å². The average molecular weight is 513 g/mol. The second-order valence-corrected chi connectivity index (χ2v) is 10.1. The van der Waals surface area contributed by atoms with E-state index in [0.717, 1.165) is 12.0 Å². The van der Waals surface area contributed by atoms with Crippen molar-refractivity contribution in [1.29, 1.82) is 0 Å². The van der Waals surface area contributed by atoms with Crippen LogP contribution in [0.1, 0.15) is 16.8 Å². The fourth-order valence-corrected chi connectivity index (χ4v) is 5.06. The molecule has 0 saturated carbocycles. The Labute approximate surface area is 209 Å². The number of fused-ring (bicyclic) bond motifs is 1. The highest BCUT2D eigenvalue weighted by Gasteiger charge is 2.33. The number of halogens is 1. The van der Waals surface area contributed by atoms with Crippen molar-refractivity contribution in [3.05, 3.63) is 53.8 Å². The fraction of sp³-hybridized carbons (Fsp3) is 0.320. The Morgan fingerprint density at radius 3 is 2.75 bits per heavy atom. The number of amides is 1. The highest BCUT2D eigenvalue weighted by molar-refractivity contribution is 7.84. The van der Waals surface area contributed by atoms with Gasteiger partial charge in [0.15, 0.2) is 17.3 Å². The molecule has 0 bridgehead atoms. The summed E-state index contributed by atoms with van der Waals surface area (Å²) >= 11 is 0. The summed E-state index contributed by atoms with van der Waals surface area (Å²) in [5.41, 5.74) is 2.90. The summed E-state index contributed by atoms with van der Waals surface area (Å²) in [5.74, 6) is 0.393. The van der Waals surface area contributed by atoms with Crippen molar-refractivity contribution in [3.8, 4) is 28.5 Å². The number of ether oxygens (including phenoxy) is 2. The SMILES string of the molecule is COCCOc1cc2[nH]nc(-c3cc(-c4ccc(C(=O)N5CC[C@H]5CS(C)=O)cc4)no3)c2cc1F. The summed E-state index contributed by atoms with van der Waals surface area (Å²) in [6.07, 6.45) is 2.53. The minimum absolute atomic E-state index is 0.0302. The van der Waals surface area contributed by atoms with Crippen LogP contribution in [0, 0.1) is 5.82 Å². The molecule has 2 atom stereocenters. The predicted octanol–water partition coefficient (Wildman–Crippen LogP) is 3.64. The van der Waals surface area contributed by atoms with E-state index >= 15 is 0 Å². The number of likely N-dealkylation sites (tertiary alicyclic amines) is 1. The number of nitrogens with one attached hydrogen (secondary N) is 1. The number of aromatic nitrogens is 3. The van der Waals surface area contributed by atoms with Gasteiger partial charge in [-0.15, -0.1) is 0 Å². The molecule has 1 amide bonds. The van der Waals surface area contributed by atoms with E-state index in [1.165, 1.54) is 6.07 Å². The third-order valence-electron chi connectivity index (χ3n) is 6.16. The van der Waals surface area contributed by atoms with Gasteiger partial charge >= 0.3 is 0 Å². The quantitative estimate of drug-likeness (QED) is 0.341. The molecular formula is C25H25FN4O5S. The Bertz CT molecular complexity index is 1420. The van der Waals surface area contributed by atoms with Crippen molar-refractivity contribution in [2.75, 3.05) is 38.9 Å². The molecule has 2 aromatic carbocycles. The van der Waals surface area contributed by atoms with Crippen molar-refractivity contribution in [2.45, 2.75) is 12.5 Å². The van der Waals surface area contributed by atoms with E-state index in [1.807, 2.05) is 0 Å². The second kappa shape index (κ2) is 10.2. The summed E-state index contributed by atoms with van der Waals surface area (Å²) in [7, 11) is 0.604. The molecular weight excluding hydrogens is 487 g/mol. The van der Waals surface area contributed by atoms with Crippen LogP contribution in [0.25, 0.3) is 33.6 Å². The Kier molecular flexibility index (Phi) is 6.84. The number of aromatic amines is 1. The number of carbonyl (C=O) groups is 1. The van der Waals surface area contributed by atoms with Crippen LogP contribution in [-0.4, -0.2) is 75.3 Å². The Hall–Kier alpha value is -3.57. The lowest BCUT2D eigenvalue weighted by Crippen LogP contribution is -2.53. The first-order chi connectivity index (χ1) is 17.4. The largest absolute Gasteiger partial charge is 0.488 e. The van der Waals surface area contributed by atoms with Gasteiger partial charge in [0, 0.05) is 71.2 Å². The van der Waals surface area contributed by atoms with E-state index in [2.05, 4.69) is 15.4 Å². The Morgan fingerprint density at radius 1 is 1.25 bits per heavy atom. The summed E-state index contributed by atoms with van der Waals surface area (Å²) in [6.45, 7) is 1.25. The number of methoxy groups -OCH3 is 1. The Morgan fingerprint density at radius 2 is 2.06 bits per heavy atom. The zero-order chi connectivity index (χ0) is 25.2. The molecule has 9 nitrogen and oxygen atoms in total. The highest BCUT2D eigenvalue weighted by Crippen LogP contribution is 2.33. The van der Waals surface area contributed by atoms with Crippen LogP contribution in [0.5, 0.6) is 5.75 Å². The predicted molar refractivity (Wildman–Crippen MR) is 133 cm³/mol. The van der Waals surface area contributed by atoms with Crippen LogP contribution < -0.4 is 4.74 Å². The van der Waals surface area contributed by atoms with Gasteiger partial charge in [-0.3, -0.25) is 14.1 Å². The van der Waals surface area contributed by atoms with E-state index in [4.69, 9.17) is 14.0 Å². The molecule has 1 fully saturated rings. The van der Waals surface area contributed by atoms with Crippen molar-refractivity contribution in [1.82, 2.24) is 20.3 Å². The number of carbonyl (C=O) groups excluding carboxylic acids is 1. The number of hydrogen-bond acceptors (Lipinski definition) is 7. The maximum Gasteiger partial charge on any atom is 0.254 e. The Balaban J connectivity index is 1.33. The zero-order valence-electron chi connectivity index (χ0n) is 19.8. The van der Waals surface area contributed by atoms with E-state index in [-0.39, 0.29) is 24.3 Å². The molecule has 36 heavy (non-hydrogen) atoms. The van der Waals surface area contributed by atoms with Crippen molar-refractivity contribution in [3.63, 3.8) is 0 Å². The summed E-state index contributed by atoms with van der Waals surface area (Å²) < 4.78 is 41.9. The lowest BCUT2D eigenvalue weighted by molar-refractivity contribution is 0.0510. The summed E-state index contributed by atoms with van der Waals surface area (Å²) in [4.78, 5) is 14.6. The molecule has 5 rings (SSSR count). The van der Waals surface area contributed by atoms with Crippen LogP contribution in [0.3, 0.4) is 0 Å². The molecule has 3 heterocycles. The maximum atomic E-state index is 14.6. The van der Waals surface area contributed by atoms with Crippen LogP contribution >= 0.6 is 0 Å². The van der Waals surface area contributed by atoms with Crippen molar-refractivity contribution >= 4 is 27.6 Å². The maximum absolute atomic E-state index is 14.6. The molecule has 0 aliphatic carbocycles. The van der Waals surface area contributed by atoms with Crippen LogP contribution in [-0.2, 0) is 15.5 Å². The smallest absolute Gasteiger partial charge is 0.254 e. The lowest BCUT2D eigenvalue weighted by Gasteiger charge is -2.40. The molecule has 0 spiro atoms. The molecule has 0 radical (unpaired) electrons. The van der Waals surface area contributed by atoms with Gasteiger partial charge in [-0.2, -0.15) is 5.10 Å². The van der Waals surface area contributed by atoms with Gasteiger partial charge in [0.05, 0.1) is 12.1 Å². The highest BCUT2D eigenvalue weighted by atomic mass is 32.2. The molecule has 1 N–H and O–H groups in total. The molecule has 188 valence electrons. The van der Waals surface area contributed by atoms with Crippen LogP contribution in [0.2, 0.25) is 0 Å². The van der Waals surface area contributed by atoms with Gasteiger partial charge in [-0.25, -0.2) is 4.39 Å². The standard InChI is InChI=1S/C25H25FN4O5S/c1-33-9-10-34-22-13-21-18(11-19(22)26)24(28-27-21)23-12-20(29-35-23)15-3-5-16(6-4-15)25(31)30-8-7-17(30)14-36(2)32/h3-6,11-13,17H,7-10,14H2,1-2H3,(H,27,28)/t17-,36?/m0/s1. The van der Waals surface area contributed by atoms with E-state index in [9.17, 15) is 13.4 Å². The minimum atomic E-state index is -0.942. The first kappa shape index (κ1) is 24.1.